The van der Waals surface area contributed by atoms with Gasteiger partial charge in [0, 0.05) is 6.42 Å². The Labute approximate surface area is 75.8 Å². The van der Waals surface area contributed by atoms with E-state index in [9.17, 15) is 0 Å². The smallest absolute Gasteiger partial charge is 0.0881 e. The SMILES string of the molecule is C=CC1(CCCCCC)CCO1. The lowest BCUT2D eigenvalue weighted by Crippen LogP contribution is -2.41. The molecule has 1 aliphatic heterocycles. The molecule has 0 bridgehead atoms. The van der Waals surface area contributed by atoms with Crippen LogP contribution in [-0.4, -0.2) is 12.2 Å². The van der Waals surface area contributed by atoms with Crippen LogP contribution in [0, 0.1) is 0 Å². The zero-order chi connectivity index (χ0) is 8.86. The molecule has 70 valence electrons. The molecule has 0 spiro atoms. The molecule has 1 saturated heterocycles. The molecule has 12 heavy (non-hydrogen) atoms. The minimum absolute atomic E-state index is 0.0771. The molecule has 1 heteroatoms. The van der Waals surface area contributed by atoms with Gasteiger partial charge in [-0.3, -0.25) is 0 Å². The fourth-order valence-electron chi connectivity index (χ4n) is 1.68. The van der Waals surface area contributed by atoms with Crippen LogP contribution < -0.4 is 0 Å². The maximum absolute atomic E-state index is 5.53. The number of unbranched alkanes of at least 4 members (excludes halogenated alkanes) is 3. The maximum Gasteiger partial charge on any atom is 0.0881 e. The van der Waals surface area contributed by atoms with Crippen molar-refractivity contribution in [1.29, 1.82) is 0 Å². The molecule has 1 fully saturated rings. The van der Waals surface area contributed by atoms with Gasteiger partial charge in [0.1, 0.15) is 0 Å². The Hall–Kier alpha value is -0.300. The highest BCUT2D eigenvalue weighted by molar-refractivity contribution is 5.01. The Morgan fingerprint density at radius 3 is 2.58 bits per heavy atom. The van der Waals surface area contributed by atoms with Crippen molar-refractivity contribution in [2.75, 3.05) is 6.61 Å². The minimum Gasteiger partial charge on any atom is -0.371 e. The summed E-state index contributed by atoms with van der Waals surface area (Å²) in [5.41, 5.74) is 0.0771. The Bertz CT molecular complexity index is 136. The summed E-state index contributed by atoms with van der Waals surface area (Å²) < 4.78 is 5.53. The number of hydrogen-bond acceptors (Lipinski definition) is 1. The van der Waals surface area contributed by atoms with E-state index < -0.39 is 0 Å². The fraction of sp³-hybridized carbons (Fsp3) is 0.818. The second kappa shape index (κ2) is 4.66. The van der Waals surface area contributed by atoms with E-state index in [0.29, 0.717) is 0 Å². The van der Waals surface area contributed by atoms with E-state index in [0.717, 1.165) is 6.61 Å². The highest BCUT2D eigenvalue weighted by atomic mass is 16.5. The molecule has 1 heterocycles. The first-order valence-corrected chi connectivity index (χ1v) is 5.10. The third-order valence-corrected chi connectivity index (χ3v) is 2.74. The lowest BCUT2D eigenvalue weighted by atomic mass is 9.89. The summed E-state index contributed by atoms with van der Waals surface area (Å²) in [5, 5.41) is 0. The van der Waals surface area contributed by atoms with Gasteiger partial charge in [-0.05, 0) is 6.42 Å². The van der Waals surface area contributed by atoms with Gasteiger partial charge in [0.05, 0.1) is 12.2 Å². The van der Waals surface area contributed by atoms with E-state index in [2.05, 4.69) is 13.5 Å². The molecule has 1 aliphatic rings. The predicted octanol–water partition coefficient (Wildman–Crippen LogP) is 3.30. The first kappa shape index (κ1) is 9.79. The van der Waals surface area contributed by atoms with Gasteiger partial charge in [-0.1, -0.05) is 38.7 Å². The van der Waals surface area contributed by atoms with E-state index in [1.807, 2.05) is 6.08 Å². The molecule has 0 N–H and O–H groups in total. The molecule has 0 aliphatic carbocycles. The van der Waals surface area contributed by atoms with Gasteiger partial charge in [-0.15, -0.1) is 6.58 Å². The van der Waals surface area contributed by atoms with Crippen LogP contribution >= 0.6 is 0 Å². The second-order valence-corrected chi connectivity index (χ2v) is 3.68. The van der Waals surface area contributed by atoms with Crippen molar-refractivity contribution >= 4 is 0 Å². The van der Waals surface area contributed by atoms with Crippen LogP contribution in [0.5, 0.6) is 0 Å². The van der Waals surface area contributed by atoms with Crippen LogP contribution in [0.2, 0.25) is 0 Å². The van der Waals surface area contributed by atoms with E-state index in [1.54, 1.807) is 0 Å². The van der Waals surface area contributed by atoms with E-state index in [4.69, 9.17) is 4.74 Å². The van der Waals surface area contributed by atoms with Crippen LogP contribution in [0.4, 0.5) is 0 Å². The Morgan fingerprint density at radius 1 is 1.42 bits per heavy atom. The largest absolute Gasteiger partial charge is 0.371 e. The summed E-state index contributed by atoms with van der Waals surface area (Å²) in [4.78, 5) is 0. The van der Waals surface area contributed by atoms with Gasteiger partial charge in [0.15, 0.2) is 0 Å². The van der Waals surface area contributed by atoms with E-state index in [1.165, 1.54) is 38.5 Å². The normalized spacial score (nSPS) is 28.1. The fourth-order valence-corrected chi connectivity index (χ4v) is 1.68. The van der Waals surface area contributed by atoms with Crippen molar-refractivity contribution < 1.29 is 4.74 Å². The van der Waals surface area contributed by atoms with Gasteiger partial charge in [-0.25, -0.2) is 0 Å². The summed E-state index contributed by atoms with van der Waals surface area (Å²) in [6.07, 6.45) is 9.64. The standard InChI is InChI=1S/C11H20O/c1-3-5-6-7-8-11(4-2)9-10-12-11/h4H,2-3,5-10H2,1H3. The summed E-state index contributed by atoms with van der Waals surface area (Å²) in [6, 6.07) is 0. The average Bonchev–Trinajstić information content (AvgIpc) is 2.02. The second-order valence-electron chi connectivity index (χ2n) is 3.68. The molecular formula is C11H20O. The topological polar surface area (TPSA) is 9.23 Å². The Morgan fingerprint density at radius 2 is 2.17 bits per heavy atom. The van der Waals surface area contributed by atoms with Crippen molar-refractivity contribution in [3.8, 4) is 0 Å². The predicted molar refractivity (Wildman–Crippen MR) is 52.3 cm³/mol. The first-order valence-electron chi connectivity index (χ1n) is 5.10. The van der Waals surface area contributed by atoms with Gasteiger partial charge in [0.2, 0.25) is 0 Å². The molecule has 0 aromatic rings. The molecule has 0 radical (unpaired) electrons. The number of hydrogen-bond donors (Lipinski definition) is 0. The van der Waals surface area contributed by atoms with Gasteiger partial charge >= 0.3 is 0 Å². The quantitative estimate of drug-likeness (QED) is 0.437. The summed E-state index contributed by atoms with van der Waals surface area (Å²) in [7, 11) is 0. The van der Waals surface area contributed by atoms with Crippen molar-refractivity contribution in [2.24, 2.45) is 0 Å². The highest BCUT2D eigenvalue weighted by Crippen LogP contribution is 2.32. The monoisotopic (exact) mass is 168 g/mol. The van der Waals surface area contributed by atoms with Crippen molar-refractivity contribution in [2.45, 2.75) is 51.0 Å². The number of rotatable bonds is 6. The van der Waals surface area contributed by atoms with Crippen LogP contribution in [0.3, 0.4) is 0 Å². The Balaban J connectivity index is 2.08. The van der Waals surface area contributed by atoms with E-state index >= 15 is 0 Å². The molecule has 1 nitrogen and oxygen atoms in total. The van der Waals surface area contributed by atoms with Gasteiger partial charge in [0.25, 0.3) is 0 Å². The van der Waals surface area contributed by atoms with Crippen molar-refractivity contribution in [1.82, 2.24) is 0 Å². The molecule has 0 aromatic carbocycles. The van der Waals surface area contributed by atoms with Gasteiger partial charge < -0.3 is 4.74 Å². The zero-order valence-corrected chi connectivity index (χ0v) is 8.14. The van der Waals surface area contributed by atoms with Crippen LogP contribution in [0.1, 0.15) is 45.4 Å². The highest BCUT2D eigenvalue weighted by Gasteiger charge is 2.34. The third-order valence-electron chi connectivity index (χ3n) is 2.74. The molecular weight excluding hydrogens is 148 g/mol. The van der Waals surface area contributed by atoms with Gasteiger partial charge in [-0.2, -0.15) is 0 Å². The third kappa shape index (κ3) is 2.34. The molecule has 1 rings (SSSR count). The van der Waals surface area contributed by atoms with Crippen molar-refractivity contribution in [3.63, 3.8) is 0 Å². The lowest BCUT2D eigenvalue weighted by Gasteiger charge is -2.39. The zero-order valence-electron chi connectivity index (χ0n) is 8.14. The summed E-state index contributed by atoms with van der Waals surface area (Å²) >= 11 is 0. The van der Waals surface area contributed by atoms with E-state index in [-0.39, 0.29) is 5.60 Å². The summed E-state index contributed by atoms with van der Waals surface area (Å²) in [6.45, 7) is 7.00. The van der Waals surface area contributed by atoms with Crippen LogP contribution in [0.25, 0.3) is 0 Å². The first-order chi connectivity index (χ1) is 5.83. The minimum atomic E-state index is 0.0771. The van der Waals surface area contributed by atoms with Crippen molar-refractivity contribution in [3.05, 3.63) is 12.7 Å². The van der Waals surface area contributed by atoms with Crippen LogP contribution in [0.15, 0.2) is 12.7 Å². The molecule has 1 atom stereocenters. The molecule has 0 saturated carbocycles. The molecule has 0 aromatic heterocycles. The van der Waals surface area contributed by atoms with Crippen LogP contribution in [-0.2, 0) is 4.74 Å². The summed E-state index contributed by atoms with van der Waals surface area (Å²) in [5.74, 6) is 0. The maximum atomic E-state index is 5.53. The number of ether oxygens (including phenoxy) is 1. The average molecular weight is 168 g/mol. The molecule has 1 unspecified atom stereocenters. The lowest BCUT2D eigenvalue weighted by molar-refractivity contribution is -0.117. The Kier molecular flexibility index (Phi) is 3.80. The molecule has 0 amide bonds.